The molecule has 2 atom stereocenters. The van der Waals surface area contributed by atoms with E-state index in [9.17, 15) is 4.79 Å². The van der Waals surface area contributed by atoms with Crippen molar-refractivity contribution < 1.29 is 9.53 Å². The molecule has 1 aromatic heterocycles. The van der Waals surface area contributed by atoms with Gasteiger partial charge in [-0.15, -0.1) is 11.3 Å². The van der Waals surface area contributed by atoms with Crippen molar-refractivity contribution in [2.24, 2.45) is 0 Å². The van der Waals surface area contributed by atoms with Crippen LogP contribution in [0.5, 0.6) is 0 Å². The number of ether oxygens (including phenoxy) is 1. The number of likely N-dealkylation sites (N-methyl/N-ethyl adjacent to an activating group) is 1. The third kappa shape index (κ3) is 2.17. The molecule has 1 fully saturated rings. The van der Waals surface area contributed by atoms with Crippen LogP contribution < -0.4 is 0 Å². The van der Waals surface area contributed by atoms with E-state index in [0.29, 0.717) is 0 Å². The first kappa shape index (κ1) is 12.1. The molecule has 1 aliphatic rings. The second-order valence-corrected chi connectivity index (χ2v) is 5.72. The highest BCUT2D eigenvalue weighted by Gasteiger charge is 2.31. The lowest BCUT2D eigenvalue weighted by Crippen LogP contribution is -2.40. The van der Waals surface area contributed by atoms with Gasteiger partial charge in [0.15, 0.2) is 0 Å². The van der Waals surface area contributed by atoms with E-state index in [-0.39, 0.29) is 18.1 Å². The minimum atomic E-state index is 0.0734. The Morgan fingerprint density at radius 2 is 2.44 bits per heavy atom. The summed E-state index contributed by atoms with van der Waals surface area (Å²) in [5, 5.41) is 1.92. The van der Waals surface area contributed by atoms with Crippen molar-refractivity contribution in [1.82, 2.24) is 4.90 Å². The molecule has 5 heteroatoms. The van der Waals surface area contributed by atoms with Gasteiger partial charge in [0.2, 0.25) is 0 Å². The summed E-state index contributed by atoms with van der Waals surface area (Å²) >= 11 is 4.86. The largest absolute Gasteiger partial charge is 0.376 e. The minimum absolute atomic E-state index is 0.0734. The Kier molecular flexibility index (Phi) is 3.66. The van der Waals surface area contributed by atoms with Crippen LogP contribution in [0, 0.1) is 0 Å². The van der Waals surface area contributed by atoms with E-state index in [2.05, 4.69) is 15.9 Å². The van der Waals surface area contributed by atoms with Gasteiger partial charge >= 0.3 is 0 Å². The van der Waals surface area contributed by atoms with Crippen molar-refractivity contribution in [2.75, 3.05) is 13.7 Å². The van der Waals surface area contributed by atoms with E-state index in [1.54, 1.807) is 4.90 Å². The van der Waals surface area contributed by atoms with Gasteiger partial charge in [0.25, 0.3) is 5.91 Å². The maximum absolute atomic E-state index is 12.2. The number of carbonyl (C=O) groups excluding carboxylic acids is 1. The molecule has 1 saturated heterocycles. The monoisotopic (exact) mass is 303 g/mol. The summed E-state index contributed by atoms with van der Waals surface area (Å²) in [6, 6.07) is 2.10. The summed E-state index contributed by atoms with van der Waals surface area (Å²) in [6.45, 7) is 2.76. The molecule has 2 unspecified atom stereocenters. The van der Waals surface area contributed by atoms with Gasteiger partial charge < -0.3 is 9.64 Å². The first-order chi connectivity index (χ1) is 7.61. The fourth-order valence-electron chi connectivity index (χ4n) is 1.99. The van der Waals surface area contributed by atoms with Gasteiger partial charge in [-0.25, -0.2) is 0 Å². The summed E-state index contributed by atoms with van der Waals surface area (Å²) in [4.78, 5) is 14.8. The van der Waals surface area contributed by atoms with Crippen molar-refractivity contribution >= 4 is 33.2 Å². The first-order valence-electron chi connectivity index (χ1n) is 5.23. The standard InChI is InChI=1S/C11H14BrNO2S/c1-7-9(3-5-15-7)13(2)11(14)10-8(12)4-6-16-10/h4,6-7,9H,3,5H2,1-2H3. The Morgan fingerprint density at radius 3 is 2.94 bits per heavy atom. The van der Waals surface area contributed by atoms with E-state index in [1.807, 2.05) is 25.4 Å². The normalized spacial score (nSPS) is 24.7. The lowest BCUT2D eigenvalue weighted by atomic mass is 10.1. The molecular formula is C11H14BrNO2S. The maximum atomic E-state index is 12.2. The fraction of sp³-hybridized carbons (Fsp3) is 0.545. The van der Waals surface area contributed by atoms with Crippen LogP contribution in [0.2, 0.25) is 0 Å². The van der Waals surface area contributed by atoms with Crippen molar-refractivity contribution in [3.8, 4) is 0 Å². The van der Waals surface area contributed by atoms with Gasteiger partial charge in [-0.05, 0) is 40.7 Å². The van der Waals surface area contributed by atoms with E-state index in [4.69, 9.17) is 4.74 Å². The SMILES string of the molecule is CC1OCCC1N(C)C(=O)c1sccc1Br. The van der Waals surface area contributed by atoms with Crippen molar-refractivity contribution in [3.05, 3.63) is 20.8 Å². The summed E-state index contributed by atoms with van der Waals surface area (Å²) in [6.07, 6.45) is 1.06. The zero-order valence-electron chi connectivity index (χ0n) is 9.27. The number of amides is 1. The quantitative estimate of drug-likeness (QED) is 0.841. The van der Waals surface area contributed by atoms with Crippen molar-refractivity contribution in [1.29, 1.82) is 0 Å². The highest BCUT2D eigenvalue weighted by atomic mass is 79.9. The molecule has 2 heterocycles. The third-order valence-electron chi connectivity index (χ3n) is 2.97. The van der Waals surface area contributed by atoms with Crippen LogP contribution >= 0.6 is 27.3 Å². The number of halogens is 1. The summed E-state index contributed by atoms with van der Waals surface area (Å²) in [5.74, 6) is 0.0734. The summed E-state index contributed by atoms with van der Waals surface area (Å²) in [7, 11) is 1.85. The number of hydrogen-bond acceptors (Lipinski definition) is 3. The number of nitrogens with zero attached hydrogens (tertiary/aromatic N) is 1. The predicted octanol–water partition coefficient (Wildman–Crippen LogP) is 2.76. The average molecular weight is 304 g/mol. The Morgan fingerprint density at radius 1 is 1.69 bits per heavy atom. The average Bonchev–Trinajstić information content (AvgIpc) is 2.85. The number of thiophene rings is 1. The zero-order valence-corrected chi connectivity index (χ0v) is 11.7. The Bertz CT molecular complexity index is 393. The second-order valence-electron chi connectivity index (χ2n) is 3.95. The minimum Gasteiger partial charge on any atom is -0.376 e. The predicted molar refractivity (Wildman–Crippen MR) is 67.9 cm³/mol. The second kappa shape index (κ2) is 4.85. The van der Waals surface area contributed by atoms with Crippen LogP contribution in [0.1, 0.15) is 23.0 Å². The van der Waals surface area contributed by atoms with E-state index < -0.39 is 0 Å². The van der Waals surface area contributed by atoms with Gasteiger partial charge in [-0.1, -0.05) is 0 Å². The topological polar surface area (TPSA) is 29.5 Å². The molecule has 16 heavy (non-hydrogen) atoms. The van der Waals surface area contributed by atoms with Crippen LogP contribution in [-0.2, 0) is 4.74 Å². The Balaban J connectivity index is 2.13. The molecular weight excluding hydrogens is 290 g/mol. The summed E-state index contributed by atoms with van der Waals surface area (Å²) in [5.41, 5.74) is 0. The Hall–Kier alpha value is -0.390. The number of rotatable bonds is 2. The molecule has 0 radical (unpaired) electrons. The van der Waals surface area contributed by atoms with Crippen LogP contribution in [-0.4, -0.2) is 36.6 Å². The lowest BCUT2D eigenvalue weighted by molar-refractivity contribution is 0.0578. The molecule has 0 bridgehead atoms. The molecule has 2 rings (SSSR count). The summed E-state index contributed by atoms with van der Waals surface area (Å²) < 4.78 is 6.36. The van der Waals surface area contributed by atoms with Gasteiger partial charge in [0.1, 0.15) is 4.88 Å². The van der Waals surface area contributed by atoms with Crippen LogP contribution in [0.3, 0.4) is 0 Å². The van der Waals surface area contributed by atoms with Crippen LogP contribution in [0.15, 0.2) is 15.9 Å². The zero-order chi connectivity index (χ0) is 11.7. The fourth-order valence-corrected chi connectivity index (χ4v) is 3.51. The van der Waals surface area contributed by atoms with Gasteiger partial charge in [-0.2, -0.15) is 0 Å². The van der Waals surface area contributed by atoms with Crippen LogP contribution in [0.25, 0.3) is 0 Å². The molecule has 0 spiro atoms. The molecule has 3 nitrogen and oxygen atoms in total. The molecule has 1 aromatic rings. The van der Waals surface area contributed by atoms with Crippen LogP contribution in [0.4, 0.5) is 0 Å². The highest BCUT2D eigenvalue weighted by molar-refractivity contribution is 9.10. The lowest BCUT2D eigenvalue weighted by Gasteiger charge is -2.26. The van der Waals surface area contributed by atoms with Crippen molar-refractivity contribution in [2.45, 2.75) is 25.5 Å². The molecule has 0 aromatic carbocycles. The van der Waals surface area contributed by atoms with Crippen molar-refractivity contribution in [3.63, 3.8) is 0 Å². The van der Waals surface area contributed by atoms with E-state index in [1.165, 1.54) is 11.3 Å². The van der Waals surface area contributed by atoms with E-state index in [0.717, 1.165) is 22.4 Å². The molecule has 0 N–H and O–H groups in total. The van der Waals surface area contributed by atoms with E-state index >= 15 is 0 Å². The molecule has 1 amide bonds. The maximum Gasteiger partial charge on any atom is 0.265 e. The first-order valence-corrected chi connectivity index (χ1v) is 6.90. The highest BCUT2D eigenvalue weighted by Crippen LogP contribution is 2.26. The Labute approximate surface area is 108 Å². The molecule has 0 aliphatic carbocycles. The third-order valence-corrected chi connectivity index (χ3v) is 4.79. The van der Waals surface area contributed by atoms with Gasteiger partial charge in [-0.3, -0.25) is 4.79 Å². The van der Waals surface area contributed by atoms with Gasteiger partial charge in [0.05, 0.1) is 12.1 Å². The van der Waals surface area contributed by atoms with Gasteiger partial charge in [0, 0.05) is 18.1 Å². The number of hydrogen-bond donors (Lipinski definition) is 0. The molecule has 0 saturated carbocycles. The number of carbonyl (C=O) groups is 1. The smallest absolute Gasteiger partial charge is 0.265 e. The molecule has 1 aliphatic heterocycles. The molecule has 88 valence electrons.